The van der Waals surface area contributed by atoms with Gasteiger partial charge in [0.05, 0.1) is 21.1 Å². The summed E-state index contributed by atoms with van der Waals surface area (Å²) in [5, 5.41) is 9.15. The van der Waals surface area contributed by atoms with Crippen LogP contribution >= 0.6 is 11.6 Å². The number of aliphatic hydroxyl groups is 1. The monoisotopic (exact) mass is 345 g/mol. The maximum atomic E-state index is 12.7. The van der Waals surface area contributed by atoms with Crippen LogP contribution in [-0.4, -0.2) is 25.7 Å². The van der Waals surface area contributed by atoms with Crippen LogP contribution in [0.2, 0.25) is 5.02 Å². The lowest BCUT2D eigenvalue weighted by Crippen LogP contribution is -2.40. The summed E-state index contributed by atoms with van der Waals surface area (Å²) < 4.78 is 64.1. The highest BCUT2D eigenvalue weighted by Gasteiger charge is 2.34. The first-order valence-electron chi connectivity index (χ1n) is 5.98. The van der Waals surface area contributed by atoms with Gasteiger partial charge in [-0.05, 0) is 31.5 Å². The van der Waals surface area contributed by atoms with E-state index in [9.17, 15) is 26.7 Å². The van der Waals surface area contributed by atoms with Crippen LogP contribution in [0.4, 0.5) is 13.2 Å². The molecule has 0 saturated carbocycles. The van der Waals surface area contributed by atoms with Crippen molar-refractivity contribution in [2.75, 3.05) is 6.54 Å². The number of nitrogens with one attached hydrogen (secondary N) is 1. The number of benzene rings is 1. The molecule has 9 heteroatoms. The maximum absolute atomic E-state index is 12.7. The summed E-state index contributed by atoms with van der Waals surface area (Å²) in [6, 6.07) is 2.31. The summed E-state index contributed by atoms with van der Waals surface area (Å²) in [4.78, 5) is -0.564. The molecule has 0 aromatic heterocycles. The molecule has 4 nitrogen and oxygen atoms in total. The van der Waals surface area contributed by atoms with E-state index < -0.39 is 37.3 Å². The molecule has 1 atom stereocenters. The topological polar surface area (TPSA) is 66.4 Å². The average molecular weight is 346 g/mol. The molecule has 1 aromatic carbocycles. The minimum atomic E-state index is -4.75. The van der Waals surface area contributed by atoms with Crippen LogP contribution in [-0.2, 0) is 16.2 Å². The minimum Gasteiger partial charge on any atom is -0.389 e. The first kappa shape index (κ1) is 18.2. The fraction of sp³-hybridized carbons (Fsp3) is 0.500. The van der Waals surface area contributed by atoms with Gasteiger partial charge in [-0.2, -0.15) is 13.2 Å². The van der Waals surface area contributed by atoms with Crippen molar-refractivity contribution in [2.45, 2.75) is 36.9 Å². The molecule has 0 heterocycles. The fourth-order valence-corrected chi connectivity index (χ4v) is 2.76. The Morgan fingerprint density at radius 3 is 2.38 bits per heavy atom. The summed E-state index contributed by atoms with van der Waals surface area (Å²) in [7, 11) is -4.17. The number of alkyl halides is 3. The summed E-state index contributed by atoms with van der Waals surface area (Å²) >= 11 is 5.43. The van der Waals surface area contributed by atoms with Crippen LogP contribution in [0.15, 0.2) is 23.1 Å². The van der Waals surface area contributed by atoms with Gasteiger partial charge in [0.2, 0.25) is 10.0 Å². The Hall–Kier alpha value is -0.830. The van der Waals surface area contributed by atoms with Gasteiger partial charge in [-0.1, -0.05) is 18.5 Å². The smallest absolute Gasteiger partial charge is 0.389 e. The van der Waals surface area contributed by atoms with Crippen molar-refractivity contribution in [1.29, 1.82) is 0 Å². The van der Waals surface area contributed by atoms with E-state index in [-0.39, 0.29) is 13.0 Å². The Morgan fingerprint density at radius 1 is 1.33 bits per heavy atom. The van der Waals surface area contributed by atoms with Crippen molar-refractivity contribution in [2.24, 2.45) is 0 Å². The second-order valence-electron chi connectivity index (χ2n) is 4.81. The van der Waals surface area contributed by atoms with E-state index in [2.05, 4.69) is 4.72 Å². The summed E-state index contributed by atoms with van der Waals surface area (Å²) in [5.41, 5.74) is -2.51. The quantitative estimate of drug-likeness (QED) is 0.862. The summed E-state index contributed by atoms with van der Waals surface area (Å²) in [6.07, 6.45) is -4.47. The molecule has 1 aromatic rings. The Balaban J connectivity index is 3.10. The Labute approximate surface area is 126 Å². The molecule has 0 amide bonds. The lowest BCUT2D eigenvalue weighted by Gasteiger charge is -2.21. The molecule has 21 heavy (non-hydrogen) atoms. The van der Waals surface area contributed by atoms with Crippen molar-refractivity contribution in [1.82, 2.24) is 4.72 Å². The highest BCUT2D eigenvalue weighted by Crippen LogP contribution is 2.35. The SMILES string of the molecule is CCC(C)(O)CNS(=O)(=O)c1ccc(Cl)c(C(F)(F)F)c1. The molecule has 1 rings (SSSR count). The Morgan fingerprint density at radius 2 is 1.90 bits per heavy atom. The van der Waals surface area contributed by atoms with Crippen LogP contribution in [0, 0.1) is 0 Å². The molecule has 1 unspecified atom stereocenters. The largest absolute Gasteiger partial charge is 0.417 e. The van der Waals surface area contributed by atoms with Crippen LogP contribution in [0.5, 0.6) is 0 Å². The average Bonchev–Trinajstić information content (AvgIpc) is 2.35. The number of hydrogen-bond donors (Lipinski definition) is 2. The lowest BCUT2D eigenvalue weighted by molar-refractivity contribution is -0.137. The predicted molar refractivity (Wildman–Crippen MR) is 72.6 cm³/mol. The molecule has 0 aliphatic carbocycles. The highest BCUT2D eigenvalue weighted by atomic mass is 35.5. The fourth-order valence-electron chi connectivity index (χ4n) is 1.35. The molecular weight excluding hydrogens is 331 g/mol. The molecule has 2 N–H and O–H groups in total. The molecular formula is C12H15ClF3NO3S. The van der Waals surface area contributed by atoms with Crippen molar-refractivity contribution >= 4 is 21.6 Å². The first-order chi connectivity index (χ1) is 9.39. The molecule has 0 bridgehead atoms. The zero-order valence-electron chi connectivity index (χ0n) is 11.3. The van der Waals surface area contributed by atoms with E-state index in [1.54, 1.807) is 6.92 Å². The second-order valence-corrected chi connectivity index (χ2v) is 6.99. The van der Waals surface area contributed by atoms with Gasteiger partial charge in [-0.3, -0.25) is 0 Å². The molecule has 120 valence electrons. The maximum Gasteiger partial charge on any atom is 0.417 e. The van der Waals surface area contributed by atoms with Crippen LogP contribution in [0.25, 0.3) is 0 Å². The zero-order valence-corrected chi connectivity index (χ0v) is 12.9. The molecule has 0 aliphatic rings. The summed E-state index contributed by atoms with van der Waals surface area (Å²) in [5.74, 6) is 0. The van der Waals surface area contributed by atoms with E-state index in [1.165, 1.54) is 6.92 Å². The van der Waals surface area contributed by atoms with E-state index in [4.69, 9.17) is 11.6 Å². The second kappa shape index (κ2) is 6.12. The molecule has 0 spiro atoms. The third kappa shape index (κ3) is 4.84. The number of sulfonamides is 1. The molecule has 0 radical (unpaired) electrons. The van der Waals surface area contributed by atoms with E-state index in [0.29, 0.717) is 6.07 Å². The number of rotatable bonds is 5. The summed E-state index contributed by atoms with van der Waals surface area (Å²) in [6.45, 7) is 2.76. The minimum absolute atomic E-state index is 0.282. The van der Waals surface area contributed by atoms with Gasteiger partial charge in [-0.15, -0.1) is 0 Å². The van der Waals surface area contributed by atoms with E-state index >= 15 is 0 Å². The number of hydrogen-bond acceptors (Lipinski definition) is 3. The van der Waals surface area contributed by atoms with Crippen LogP contribution < -0.4 is 4.72 Å². The van der Waals surface area contributed by atoms with Crippen molar-refractivity contribution in [3.8, 4) is 0 Å². The van der Waals surface area contributed by atoms with Gasteiger partial charge < -0.3 is 5.11 Å². The van der Waals surface area contributed by atoms with Gasteiger partial charge in [0.25, 0.3) is 0 Å². The van der Waals surface area contributed by atoms with Crippen LogP contribution in [0.1, 0.15) is 25.8 Å². The van der Waals surface area contributed by atoms with Gasteiger partial charge in [-0.25, -0.2) is 13.1 Å². The first-order valence-corrected chi connectivity index (χ1v) is 7.84. The van der Waals surface area contributed by atoms with E-state index in [0.717, 1.165) is 12.1 Å². The zero-order chi connectivity index (χ0) is 16.5. The third-order valence-electron chi connectivity index (χ3n) is 2.96. The third-order valence-corrected chi connectivity index (χ3v) is 4.69. The molecule has 0 fully saturated rings. The van der Waals surface area contributed by atoms with Gasteiger partial charge in [0.1, 0.15) is 0 Å². The highest BCUT2D eigenvalue weighted by molar-refractivity contribution is 7.89. The van der Waals surface area contributed by atoms with Gasteiger partial charge in [0.15, 0.2) is 0 Å². The Kier molecular flexibility index (Phi) is 5.31. The van der Waals surface area contributed by atoms with Crippen LogP contribution in [0.3, 0.4) is 0 Å². The van der Waals surface area contributed by atoms with Crippen molar-refractivity contribution < 1.29 is 26.7 Å². The predicted octanol–water partition coefficient (Wildman–Crippen LogP) is 2.80. The van der Waals surface area contributed by atoms with Crippen molar-refractivity contribution in [3.05, 3.63) is 28.8 Å². The van der Waals surface area contributed by atoms with E-state index in [1.807, 2.05) is 0 Å². The Bertz CT molecular complexity index is 615. The number of halogens is 4. The lowest BCUT2D eigenvalue weighted by atomic mass is 10.1. The van der Waals surface area contributed by atoms with Crippen molar-refractivity contribution in [3.63, 3.8) is 0 Å². The standard InChI is InChI=1S/C12H15ClF3NO3S/c1-3-11(2,18)7-17-21(19,20)8-4-5-10(13)9(6-8)12(14,15)16/h4-6,17-18H,3,7H2,1-2H3. The normalized spacial score (nSPS) is 15.8. The molecule has 0 saturated heterocycles. The van der Waals surface area contributed by atoms with Gasteiger partial charge >= 0.3 is 6.18 Å². The van der Waals surface area contributed by atoms with Gasteiger partial charge in [0, 0.05) is 6.54 Å². The molecule has 0 aliphatic heterocycles.